The van der Waals surface area contributed by atoms with Gasteiger partial charge in [0.15, 0.2) is 0 Å². The van der Waals surface area contributed by atoms with Crippen LogP contribution in [-0.4, -0.2) is 35.2 Å². The molecule has 0 amide bonds. The molecule has 174 valence electrons. The summed E-state index contributed by atoms with van der Waals surface area (Å²) in [6, 6.07) is 30.6. The van der Waals surface area contributed by atoms with Crippen LogP contribution in [0.2, 0.25) is 0 Å². The second-order valence-electron chi connectivity index (χ2n) is 8.68. The molecule has 1 saturated heterocycles. The van der Waals surface area contributed by atoms with E-state index in [0.29, 0.717) is 0 Å². The first-order valence-corrected chi connectivity index (χ1v) is 12.9. The van der Waals surface area contributed by atoms with Crippen molar-refractivity contribution in [2.75, 3.05) is 26.3 Å². The second-order valence-corrected chi connectivity index (χ2v) is 9.82. The van der Waals surface area contributed by atoms with Crippen molar-refractivity contribution >= 4 is 11.9 Å². The fraction of sp³-hybridized carbons (Fsp3) is 0.267. The van der Waals surface area contributed by atoms with E-state index in [2.05, 4.69) is 108 Å². The summed E-state index contributed by atoms with van der Waals surface area (Å²) < 4.78 is 10.5. The third-order valence-electron chi connectivity index (χ3n) is 6.61. The van der Waals surface area contributed by atoms with Crippen LogP contribution in [0.3, 0.4) is 0 Å². The number of hydrogen-bond acceptors (Lipinski definition) is 3. The van der Waals surface area contributed by atoms with Gasteiger partial charge in [-0.15, -0.1) is 0 Å². The van der Waals surface area contributed by atoms with Crippen LogP contribution in [0.25, 0.3) is 22.4 Å². The first-order valence-electron chi connectivity index (χ1n) is 12.2. The standard InChI is InChI=1S/C30H32N2OS/c1-3-32-23(2)27(22-26-16-10-11-17-28(26)34-31-18-20-33-21-19-31)29(24-12-6-4-7-13-24)30(32)25-14-8-5-9-15-25/h4-17H,3,18-22H2,1-2H3. The highest BCUT2D eigenvalue weighted by Crippen LogP contribution is 2.41. The predicted octanol–water partition coefficient (Wildman–Crippen LogP) is 7.08. The molecule has 4 aromatic rings. The summed E-state index contributed by atoms with van der Waals surface area (Å²) in [5.74, 6) is 0. The number of hydrogen-bond donors (Lipinski definition) is 0. The van der Waals surface area contributed by atoms with Crippen LogP contribution in [0.4, 0.5) is 0 Å². The zero-order chi connectivity index (χ0) is 23.3. The lowest BCUT2D eigenvalue weighted by atomic mass is 9.93. The van der Waals surface area contributed by atoms with Crippen LogP contribution in [0.1, 0.15) is 23.7 Å². The van der Waals surface area contributed by atoms with Crippen molar-refractivity contribution in [2.24, 2.45) is 0 Å². The Labute approximate surface area is 207 Å². The molecule has 0 N–H and O–H groups in total. The maximum absolute atomic E-state index is 5.56. The number of morpholine rings is 1. The summed E-state index contributed by atoms with van der Waals surface area (Å²) in [6.45, 7) is 9.05. The van der Waals surface area contributed by atoms with Crippen LogP contribution in [0.15, 0.2) is 89.8 Å². The Balaban J connectivity index is 1.62. The molecule has 3 aromatic carbocycles. The maximum Gasteiger partial charge on any atom is 0.0603 e. The van der Waals surface area contributed by atoms with Gasteiger partial charge in [-0.2, -0.15) is 0 Å². The van der Waals surface area contributed by atoms with Crippen molar-refractivity contribution in [1.82, 2.24) is 8.87 Å². The maximum atomic E-state index is 5.56. The minimum atomic E-state index is 0.812. The molecule has 5 rings (SSSR count). The number of nitrogens with zero attached hydrogens (tertiary/aromatic N) is 2. The highest BCUT2D eigenvalue weighted by molar-refractivity contribution is 7.97. The number of rotatable bonds is 7. The Bertz CT molecular complexity index is 1230. The normalized spacial score (nSPS) is 14.4. The molecular weight excluding hydrogens is 436 g/mol. The highest BCUT2D eigenvalue weighted by atomic mass is 32.2. The first kappa shape index (κ1) is 23.0. The van der Waals surface area contributed by atoms with Crippen molar-refractivity contribution < 1.29 is 4.74 Å². The summed E-state index contributed by atoms with van der Waals surface area (Å²) in [7, 11) is 0. The summed E-state index contributed by atoms with van der Waals surface area (Å²) in [6.07, 6.45) is 0.913. The molecular formula is C30H32N2OS. The van der Waals surface area contributed by atoms with Gasteiger partial charge in [-0.3, -0.25) is 0 Å². The first-order chi connectivity index (χ1) is 16.8. The van der Waals surface area contributed by atoms with E-state index in [1.165, 1.54) is 44.1 Å². The predicted molar refractivity (Wildman–Crippen MR) is 143 cm³/mol. The molecule has 0 aliphatic carbocycles. The summed E-state index contributed by atoms with van der Waals surface area (Å²) in [5, 5.41) is 0. The SMILES string of the molecule is CCn1c(C)c(Cc2ccccc2SN2CCOCC2)c(-c2ccccc2)c1-c1ccccc1. The van der Waals surface area contributed by atoms with Gasteiger partial charge in [-0.25, -0.2) is 4.31 Å². The zero-order valence-corrected chi connectivity index (χ0v) is 20.9. The van der Waals surface area contributed by atoms with Gasteiger partial charge >= 0.3 is 0 Å². The molecule has 2 heterocycles. The Morgan fingerprint density at radius 1 is 0.794 bits per heavy atom. The molecule has 4 heteroatoms. The molecule has 1 fully saturated rings. The van der Waals surface area contributed by atoms with Crippen molar-refractivity contribution in [3.63, 3.8) is 0 Å². The van der Waals surface area contributed by atoms with Gasteiger partial charge in [0, 0.05) is 42.2 Å². The van der Waals surface area contributed by atoms with E-state index in [9.17, 15) is 0 Å². The van der Waals surface area contributed by atoms with Crippen LogP contribution in [0, 0.1) is 6.92 Å². The van der Waals surface area contributed by atoms with E-state index in [-0.39, 0.29) is 0 Å². The summed E-state index contributed by atoms with van der Waals surface area (Å²) in [5.41, 5.74) is 9.39. The van der Waals surface area contributed by atoms with Gasteiger partial charge < -0.3 is 9.30 Å². The monoisotopic (exact) mass is 468 g/mol. The molecule has 1 aliphatic heterocycles. The molecule has 3 nitrogen and oxygen atoms in total. The molecule has 0 saturated carbocycles. The van der Waals surface area contributed by atoms with Crippen molar-refractivity contribution in [3.8, 4) is 22.4 Å². The van der Waals surface area contributed by atoms with Gasteiger partial charge in [-0.1, -0.05) is 78.9 Å². The Morgan fingerprint density at radius 3 is 2.09 bits per heavy atom. The summed E-state index contributed by atoms with van der Waals surface area (Å²) >= 11 is 1.88. The molecule has 0 bridgehead atoms. The lowest BCUT2D eigenvalue weighted by molar-refractivity contribution is 0.0773. The van der Waals surface area contributed by atoms with Crippen LogP contribution >= 0.6 is 11.9 Å². The lowest BCUT2D eigenvalue weighted by Gasteiger charge is -2.26. The van der Waals surface area contributed by atoms with Gasteiger partial charge in [0.2, 0.25) is 0 Å². The fourth-order valence-corrected chi connectivity index (χ4v) is 5.93. The third-order valence-corrected chi connectivity index (χ3v) is 7.83. The van der Waals surface area contributed by atoms with Gasteiger partial charge in [0.05, 0.1) is 18.9 Å². The van der Waals surface area contributed by atoms with Crippen LogP contribution in [0.5, 0.6) is 0 Å². The van der Waals surface area contributed by atoms with E-state index >= 15 is 0 Å². The average molecular weight is 469 g/mol. The molecule has 34 heavy (non-hydrogen) atoms. The van der Waals surface area contributed by atoms with E-state index in [1.807, 2.05) is 11.9 Å². The lowest BCUT2D eigenvalue weighted by Crippen LogP contribution is -2.31. The minimum Gasteiger partial charge on any atom is -0.379 e. The minimum absolute atomic E-state index is 0.812. The molecule has 0 unspecified atom stereocenters. The van der Waals surface area contributed by atoms with E-state index in [1.54, 1.807) is 0 Å². The molecule has 1 aliphatic rings. The molecule has 0 radical (unpaired) electrons. The molecule has 0 atom stereocenters. The van der Waals surface area contributed by atoms with Crippen molar-refractivity contribution in [2.45, 2.75) is 31.7 Å². The topological polar surface area (TPSA) is 17.4 Å². The largest absolute Gasteiger partial charge is 0.379 e. The van der Waals surface area contributed by atoms with Crippen LogP contribution in [-0.2, 0) is 17.7 Å². The van der Waals surface area contributed by atoms with E-state index < -0.39 is 0 Å². The Hall–Kier alpha value is -2.79. The second kappa shape index (κ2) is 10.6. The van der Waals surface area contributed by atoms with Crippen molar-refractivity contribution in [3.05, 3.63) is 102 Å². The highest BCUT2D eigenvalue weighted by Gasteiger charge is 2.23. The summed E-state index contributed by atoms with van der Waals surface area (Å²) in [4.78, 5) is 1.34. The number of aromatic nitrogens is 1. The molecule has 0 spiro atoms. The third kappa shape index (κ3) is 4.72. The number of benzene rings is 3. The Kier molecular flexibility index (Phi) is 7.19. The van der Waals surface area contributed by atoms with Gasteiger partial charge in [0.25, 0.3) is 0 Å². The zero-order valence-electron chi connectivity index (χ0n) is 20.0. The van der Waals surface area contributed by atoms with Crippen LogP contribution < -0.4 is 0 Å². The van der Waals surface area contributed by atoms with E-state index in [0.717, 1.165) is 39.3 Å². The Morgan fingerprint density at radius 2 is 1.41 bits per heavy atom. The number of ether oxygens (including phenoxy) is 1. The smallest absolute Gasteiger partial charge is 0.0603 e. The molecule has 1 aromatic heterocycles. The van der Waals surface area contributed by atoms with E-state index in [4.69, 9.17) is 4.74 Å². The van der Waals surface area contributed by atoms with Gasteiger partial charge in [0.1, 0.15) is 0 Å². The fourth-order valence-electron chi connectivity index (χ4n) is 4.92. The van der Waals surface area contributed by atoms with Gasteiger partial charge in [-0.05, 0) is 54.1 Å². The quantitative estimate of drug-likeness (QED) is 0.270. The average Bonchev–Trinajstić information content (AvgIpc) is 3.18. The van der Waals surface area contributed by atoms with Crippen molar-refractivity contribution in [1.29, 1.82) is 0 Å².